The molecule has 3 unspecified atom stereocenters. The van der Waals surface area contributed by atoms with Crippen molar-refractivity contribution in [3.63, 3.8) is 0 Å². The molecule has 8 heteroatoms. The molecule has 0 bridgehead atoms. The maximum Gasteiger partial charge on any atom is 0.253 e. The highest BCUT2D eigenvalue weighted by molar-refractivity contribution is 9.11. The number of rotatable bonds is 10. The van der Waals surface area contributed by atoms with Crippen LogP contribution >= 0.6 is 15.9 Å². The smallest absolute Gasteiger partial charge is 0.253 e. The van der Waals surface area contributed by atoms with Crippen LogP contribution in [-0.2, 0) is 16.2 Å². The molecule has 1 heterocycles. The van der Waals surface area contributed by atoms with Gasteiger partial charge in [0.1, 0.15) is 5.35 Å². The first-order chi connectivity index (χ1) is 15.8. The highest BCUT2D eigenvalue weighted by atomic mass is 79.9. The predicted octanol–water partition coefficient (Wildman–Crippen LogP) is 3.43. The Morgan fingerprint density at radius 1 is 1.36 bits per heavy atom. The van der Waals surface area contributed by atoms with E-state index >= 15 is 4.39 Å². The summed E-state index contributed by atoms with van der Waals surface area (Å²) in [6.45, 7) is 7.71. The molecule has 0 saturated heterocycles. The van der Waals surface area contributed by atoms with Crippen LogP contribution in [0.5, 0.6) is 0 Å². The third-order valence-electron chi connectivity index (χ3n) is 6.54. The molecule has 6 nitrogen and oxygen atoms in total. The van der Waals surface area contributed by atoms with Crippen LogP contribution in [0, 0.1) is 23.7 Å². The number of nitrogens with one attached hydrogen (secondary N) is 2. The van der Waals surface area contributed by atoms with E-state index in [1.165, 1.54) is 0 Å². The highest BCUT2D eigenvalue weighted by Crippen LogP contribution is 2.30. The summed E-state index contributed by atoms with van der Waals surface area (Å²) in [5, 5.41) is 4.31. The Bertz CT molecular complexity index is 1060. The first-order valence-electron chi connectivity index (χ1n) is 12.0. The van der Waals surface area contributed by atoms with Crippen LogP contribution in [0.4, 0.5) is 4.39 Å². The molecule has 1 aromatic rings. The zero-order valence-electron chi connectivity index (χ0n) is 19.6. The molecule has 3 aliphatic carbocycles. The summed E-state index contributed by atoms with van der Waals surface area (Å²) >= 11 is 3.54. The van der Waals surface area contributed by atoms with Crippen molar-refractivity contribution >= 4 is 33.7 Å². The van der Waals surface area contributed by atoms with Crippen molar-refractivity contribution in [1.82, 2.24) is 20.3 Å². The van der Waals surface area contributed by atoms with E-state index in [-0.39, 0.29) is 11.8 Å². The maximum atomic E-state index is 15.8. The van der Waals surface area contributed by atoms with Gasteiger partial charge in [-0.05, 0) is 60.6 Å². The summed E-state index contributed by atoms with van der Waals surface area (Å²) in [4.78, 5) is 22.9. The number of halogens is 2. The van der Waals surface area contributed by atoms with Crippen LogP contribution in [0.3, 0.4) is 0 Å². The van der Waals surface area contributed by atoms with Crippen LogP contribution in [0.2, 0.25) is 0 Å². The van der Waals surface area contributed by atoms with Gasteiger partial charge in [-0.1, -0.05) is 42.8 Å². The molecule has 1 fully saturated rings. The van der Waals surface area contributed by atoms with Gasteiger partial charge in [-0.3, -0.25) is 9.63 Å². The van der Waals surface area contributed by atoms with Crippen LogP contribution in [0.1, 0.15) is 52.9 Å². The Morgan fingerprint density at radius 3 is 2.85 bits per heavy atom. The van der Waals surface area contributed by atoms with Crippen LogP contribution < -0.4 is 21.5 Å². The number of amides is 1. The second-order valence-electron chi connectivity index (χ2n) is 9.93. The second-order valence-corrected chi connectivity index (χ2v) is 11.0. The Morgan fingerprint density at radius 2 is 2.15 bits per heavy atom. The molecule has 33 heavy (non-hydrogen) atoms. The minimum Gasteiger partial charge on any atom is -0.378 e. The first-order valence-corrected chi connectivity index (χ1v) is 12.8. The number of imidazole rings is 1. The lowest BCUT2D eigenvalue weighted by molar-refractivity contribution is -0.136. The Hall–Kier alpha value is -1.93. The van der Waals surface area contributed by atoms with Gasteiger partial charge in [-0.2, -0.15) is 0 Å². The van der Waals surface area contributed by atoms with Gasteiger partial charge in [0.25, 0.3) is 5.91 Å². The van der Waals surface area contributed by atoms with E-state index in [0.29, 0.717) is 29.1 Å². The third-order valence-corrected chi connectivity index (χ3v) is 7.13. The fraction of sp³-hybridized carbons (Fsp3) is 0.600. The van der Waals surface area contributed by atoms with Crippen molar-refractivity contribution < 1.29 is 14.0 Å². The molecular formula is C25H34BrFN4O2. The Kier molecular flexibility index (Phi) is 7.74. The molecule has 1 amide bonds. The number of allylic oxidation sites excluding steroid dienone is 4. The lowest BCUT2D eigenvalue weighted by Gasteiger charge is -2.30. The summed E-state index contributed by atoms with van der Waals surface area (Å²) in [6, 6.07) is -0.833. The average molecular weight is 521 g/mol. The molecule has 0 aliphatic heterocycles. The van der Waals surface area contributed by atoms with Crippen molar-refractivity contribution in [2.75, 3.05) is 6.61 Å². The monoisotopic (exact) mass is 520 g/mol. The number of hydrogen-bond acceptors (Lipinski definition) is 4. The summed E-state index contributed by atoms with van der Waals surface area (Å²) in [5.41, 5.74) is 3.48. The third kappa shape index (κ3) is 5.96. The maximum absolute atomic E-state index is 15.8. The van der Waals surface area contributed by atoms with E-state index in [9.17, 15) is 4.79 Å². The number of fused-ring (bicyclic) bond motifs is 1. The van der Waals surface area contributed by atoms with Gasteiger partial charge in [0.2, 0.25) is 0 Å². The van der Waals surface area contributed by atoms with Crippen LogP contribution in [0.15, 0.2) is 28.7 Å². The number of hydrogen-bond donors (Lipinski definition) is 2. The molecule has 180 valence electrons. The topological polar surface area (TPSA) is 68.2 Å². The fourth-order valence-corrected chi connectivity index (χ4v) is 4.94. The number of aryl methyl sites for hydroxylation is 1. The van der Waals surface area contributed by atoms with Crippen LogP contribution in [0.25, 0.3) is 11.9 Å². The normalized spacial score (nSPS) is 24.7. The van der Waals surface area contributed by atoms with Gasteiger partial charge in [0.05, 0.1) is 30.2 Å². The number of nitrogens with zero attached hydrogens (tertiary/aromatic N) is 2. The van der Waals surface area contributed by atoms with Gasteiger partial charge < -0.3 is 9.88 Å². The molecule has 0 spiro atoms. The number of hydroxylamine groups is 1. The zero-order chi connectivity index (χ0) is 23.5. The van der Waals surface area contributed by atoms with E-state index in [4.69, 9.17) is 4.84 Å². The van der Waals surface area contributed by atoms with Crippen molar-refractivity contribution in [3.05, 3.63) is 39.4 Å². The fourth-order valence-electron chi connectivity index (χ4n) is 4.32. The SMILES string of the molecule is CC(C)CCCn1cnc2c1=CC(C(=O)NOCC1CC1)C(NC1=CC=C(Br)CC1C)C=2F. The predicted molar refractivity (Wildman–Crippen MR) is 131 cm³/mol. The van der Waals surface area contributed by atoms with E-state index in [2.05, 4.69) is 52.5 Å². The van der Waals surface area contributed by atoms with Crippen molar-refractivity contribution in [2.45, 2.75) is 65.5 Å². The lowest BCUT2D eigenvalue weighted by Crippen LogP contribution is -2.51. The average Bonchev–Trinajstić information content (AvgIpc) is 3.50. The molecular weight excluding hydrogens is 487 g/mol. The van der Waals surface area contributed by atoms with Gasteiger partial charge in [-0.15, -0.1) is 0 Å². The summed E-state index contributed by atoms with van der Waals surface area (Å²) in [5.74, 6) is -0.192. The molecule has 4 rings (SSSR count). The van der Waals surface area contributed by atoms with Gasteiger partial charge >= 0.3 is 0 Å². The molecule has 3 atom stereocenters. The van der Waals surface area contributed by atoms with E-state index < -0.39 is 17.8 Å². The molecule has 2 N–H and O–H groups in total. The van der Waals surface area contributed by atoms with E-state index in [1.54, 1.807) is 6.33 Å². The number of carbonyl (C=O) groups is 1. The highest BCUT2D eigenvalue weighted by Gasteiger charge is 2.36. The summed E-state index contributed by atoms with van der Waals surface area (Å²) in [6.07, 6.45) is 12.6. The summed E-state index contributed by atoms with van der Waals surface area (Å²) in [7, 11) is 0. The zero-order valence-corrected chi connectivity index (χ0v) is 21.2. The minimum atomic E-state index is -0.833. The van der Waals surface area contributed by atoms with Crippen molar-refractivity contribution in [1.29, 1.82) is 0 Å². The number of carbonyl (C=O) groups excluding carboxylic acids is 1. The molecule has 1 aromatic heterocycles. The Labute approximate surface area is 203 Å². The summed E-state index contributed by atoms with van der Waals surface area (Å²) < 4.78 is 18.9. The molecule has 3 aliphatic rings. The standard InChI is InChI=1S/C25H34BrFN4O2/c1-15(2)5-4-10-31-14-28-24-21(31)12-19(25(32)30-33-13-17-6-7-17)23(22(24)27)29-20-9-8-18(26)11-16(20)3/h8-9,12,14-17,19,23,29H,4-7,10-11,13H2,1-3H3,(H,30,32). The molecule has 0 radical (unpaired) electrons. The minimum absolute atomic E-state index is 0.182. The first kappa shape index (κ1) is 24.2. The lowest BCUT2D eigenvalue weighted by atomic mass is 9.91. The van der Waals surface area contributed by atoms with E-state index in [1.807, 2.05) is 22.8 Å². The molecule has 0 aromatic carbocycles. The largest absolute Gasteiger partial charge is 0.378 e. The number of aromatic nitrogens is 2. The van der Waals surface area contributed by atoms with Gasteiger partial charge in [0, 0.05) is 18.2 Å². The van der Waals surface area contributed by atoms with Crippen molar-refractivity contribution in [3.8, 4) is 0 Å². The quantitative estimate of drug-likeness (QED) is 0.463. The van der Waals surface area contributed by atoms with Gasteiger partial charge in [-0.25, -0.2) is 14.9 Å². The molecule has 1 saturated carbocycles. The van der Waals surface area contributed by atoms with Gasteiger partial charge in [0.15, 0.2) is 5.83 Å². The Balaban J connectivity index is 1.61. The van der Waals surface area contributed by atoms with Crippen molar-refractivity contribution in [2.24, 2.45) is 23.7 Å². The van der Waals surface area contributed by atoms with E-state index in [0.717, 1.165) is 48.8 Å². The second kappa shape index (κ2) is 10.6. The van der Waals surface area contributed by atoms with Crippen LogP contribution in [-0.4, -0.2) is 28.1 Å².